The Morgan fingerprint density at radius 1 is 1.03 bits per heavy atom. The quantitative estimate of drug-likeness (QED) is 0.679. The number of oxazole rings is 1. The third kappa shape index (κ3) is 3.53. The van der Waals surface area contributed by atoms with E-state index >= 15 is 0 Å². The van der Waals surface area contributed by atoms with Crippen molar-refractivity contribution in [1.29, 1.82) is 0 Å². The number of fused-ring (bicyclic) bond motifs is 3. The van der Waals surface area contributed by atoms with Crippen LogP contribution in [0.4, 0.5) is 16.1 Å². The van der Waals surface area contributed by atoms with Crippen LogP contribution in [0.25, 0.3) is 0 Å². The largest absolute Gasteiger partial charge is 0.431 e. The summed E-state index contributed by atoms with van der Waals surface area (Å²) in [7, 11) is -3.99. The summed E-state index contributed by atoms with van der Waals surface area (Å²) >= 11 is 0. The maximum Gasteiger partial charge on any atom is 0.304 e. The molecule has 11 heteroatoms. The van der Waals surface area contributed by atoms with Gasteiger partial charge < -0.3 is 14.5 Å². The lowest BCUT2D eigenvalue weighted by Crippen LogP contribution is -2.43. The normalized spacial score (nSPS) is 24.0. The molecule has 4 aliphatic rings. The molecular weight excluding hydrogens is 451 g/mol. The van der Waals surface area contributed by atoms with E-state index in [2.05, 4.69) is 15.0 Å². The first kappa shape index (κ1) is 21.1. The Labute approximate surface area is 190 Å². The molecule has 1 aromatic carbocycles. The lowest BCUT2D eigenvalue weighted by Gasteiger charge is -2.17. The third-order valence-electron chi connectivity index (χ3n) is 7.31. The maximum atomic E-state index is 14.9. The molecule has 0 spiro atoms. The lowest BCUT2D eigenvalue weighted by atomic mass is 9.98. The van der Waals surface area contributed by atoms with Gasteiger partial charge in [-0.2, -0.15) is 17.7 Å². The van der Waals surface area contributed by atoms with E-state index in [9.17, 15) is 17.6 Å². The molecule has 2 saturated heterocycles. The predicted molar refractivity (Wildman–Crippen MR) is 116 cm³/mol. The highest BCUT2D eigenvalue weighted by Crippen LogP contribution is 2.42. The summed E-state index contributed by atoms with van der Waals surface area (Å²) in [6.07, 6.45) is 5.89. The first-order valence-electron chi connectivity index (χ1n) is 11.4. The second-order valence-corrected chi connectivity index (χ2v) is 11.0. The number of halogens is 1. The van der Waals surface area contributed by atoms with E-state index in [1.54, 1.807) is 0 Å². The molecule has 0 bridgehead atoms. The highest BCUT2D eigenvalue weighted by atomic mass is 32.2. The van der Waals surface area contributed by atoms with Gasteiger partial charge in [0.15, 0.2) is 5.69 Å². The van der Waals surface area contributed by atoms with Gasteiger partial charge in [-0.05, 0) is 60.8 Å². The molecular formula is C22H25FN4O5S. The van der Waals surface area contributed by atoms with Crippen molar-refractivity contribution in [1.82, 2.24) is 14.0 Å². The van der Waals surface area contributed by atoms with Gasteiger partial charge in [0.2, 0.25) is 0 Å². The molecule has 2 N–H and O–H groups in total. The fraction of sp³-hybridized carbons (Fsp3) is 0.545. The van der Waals surface area contributed by atoms with Crippen LogP contribution in [0.1, 0.15) is 45.6 Å². The van der Waals surface area contributed by atoms with E-state index in [-0.39, 0.29) is 29.4 Å². The van der Waals surface area contributed by atoms with Crippen LogP contribution in [0.15, 0.2) is 10.7 Å². The minimum absolute atomic E-state index is 0.0733. The second kappa shape index (κ2) is 7.78. The molecule has 3 heterocycles. The molecule has 2 atom stereocenters. The average Bonchev–Trinajstić information content (AvgIpc) is 3.57. The van der Waals surface area contributed by atoms with E-state index in [0.29, 0.717) is 39.1 Å². The van der Waals surface area contributed by atoms with Crippen LogP contribution in [0.2, 0.25) is 0 Å². The number of hydrogen-bond acceptors (Lipinski definition) is 7. The van der Waals surface area contributed by atoms with Crippen molar-refractivity contribution in [2.75, 3.05) is 31.6 Å². The zero-order valence-corrected chi connectivity index (χ0v) is 18.8. The Morgan fingerprint density at radius 2 is 1.64 bits per heavy atom. The van der Waals surface area contributed by atoms with E-state index in [4.69, 9.17) is 9.15 Å². The smallest absolute Gasteiger partial charge is 0.304 e. The first-order valence-corrected chi connectivity index (χ1v) is 12.8. The van der Waals surface area contributed by atoms with Gasteiger partial charge in [-0.15, -0.1) is 0 Å². The molecule has 9 nitrogen and oxygen atoms in total. The molecule has 2 fully saturated rings. The number of benzene rings is 1. The Kier molecular flexibility index (Phi) is 4.96. The average molecular weight is 477 g/mol. The Balaban J connectivity index is 1.20. The van der Waals surface area contributed by atoms with Crippen LogP contribution in [0.3, 0.4) is 0 Å². The predicted octanol–water partition coefficient (Wildman–Crippen LogP) is 2.09. The van der Waals surface area contributed by atoms with E-state index in [1.807, 2.05) is 0 Å². The fourth-order valence-electron chi connectivity index (χ4n) is 5.66. The van der Waals surface area contributed by atoms with Crippen LogP contribution in [-0.2, 0) is 40.6 Å². The molecule has 0 saturated carbocycles. The summed E-state index contributed by atoms with van der Waals surface area (Å²) in [4.78, 5) is 16.8. The van der Waals surface area contributed by atoms with Crippen molar-refractivity contribution in [3.8, 4) is 0 Å². The van der Waals surface area contributed by atoms with Crippen LogP contribution < -0.4 is 10.0 Å². The minimum Gasteiger partial charge on any atom is -0.431 e. The van der Waals surface area contributed by atoms with Gasteiger partial charge in [0.25, 0.3) is 11.9 Å². The zero-order valence-electron chi connectivity index (χ0n) is 18.0. The zero-order chi connectivity index (χ0) is 22.7. The van der Waals surface area contributed by atoms with Gasteiger partial charge in [0, 0.05) is 30.6 Å². The molecule has 6 rings (SSSR count). The molecule has 0 unspecified atom stereocenters. The molecule has 2 aliphatic carbocycles. The van der Waals surface area contributed by atoms with Crippen molar-refractivity contribution >= 4 is 27.8 Å². The highest BCUT2D eigenvalue weighted by molar-refractivity contribution is 7.87. The number of carbonyl (C=O) groups is 1. The monoisotopic (exact) mass is 476 g/mol. The van der Waals surface area contributed by atoms with Crippen molar-refractivity contribution in [2.24, 2.45) is 11.8 Å². The Bertz CT molecular complexity index is 1200. The number of amides is 1. The molecule has 2 aliphatic heterocycles. The van der Waals surface area contributed by atoms with Gasteiger partial charge in [-0.1, -0.05) is 0 Å². The van der Waals surface area contributed by atoms with Gasteiger partial charge in [-0.25, -0.2) is 9.11 Å². The second-order valence-electron chi connectivity index (χ2n) is 9.28. The third-order valence-corrected chi connectivity index (χ3v) is 8.73. The molecule has 33 heavy (non-hydrogen) atoms. The highest BCUT2D eigenvalue weighted by Gasteiger charge is 2.42. The van der Waals surface area contributed by atoms with Crippen molar-refractivity contribution in [3.63, 3.8) is 0 Å². The maximum absolute atomic E-state index is 14.9. The van der Waals surface area contributed by atoms with E-state index < -0.39 is 16.1 Å². The standard InChI is InChI=1S/C22H25FN4O5S/c23-19-14-3-1-5-16(14)20(17-6-2-4-15(17)19)25-22-24-18(11-32-22)21(28)26-33(29,30)27-7-12-9-31-10-13(12)8-27/h11-13H,1-10H2,(H,24,25)(H,26,28)/t12-,13+. The van der Waals surface area contributed by atoms with Crippen LogP contribution in [0, 0.1) is 17.7 Å². The van der Waals surface area contributed by atoms with Crippen LogP contribution in [-0.4, -0.2) is 49.9 Å². The number of nitrogens with zero attached hydrogens (tertiary/aromatic N) is 2. The van der Waals surface area contributed by atoms with Crippen molar-refractivity contribution < 1.29 is 26.8 Å². The van der Waals surface area contributed by atoms with E-state index in [0.717, 1.165) is 59.9 Å². The number of anilines is 2. The fourth-order valence-corrected chi connectivity index (χ4v) is 6.90. The molecule has 1 aromatic heterocycles. The Hall–Kier alpha value is -2.50. The summed E-state index contributed by atoms with van der Waals surface area (Å²) in [5.74, 6) is -0.595. The van der Waals surface area contributed by atoms with Crippen LogP contribution >= 0.6 is 0 Å². The first-order chi connectivity index (χ1) is 15.9. The summed E-state index contributed by atoms with van der Waals surface area (Å²) < 4.78 is 54.4. The number of aromatic nitrogens is 1. The SMILES string of the molecule is O=C(NS(=O)(=O)N1C[C@H]2COC[C@H]2C1)c1coc(Nc2c3c(c(F)c4c2CCC4)CCC3)n1. The molecule has 0 radical (unpaired) electrons. The minimum atomic E-state index is -3.99. The lowest BCUT2D eigenvalue weighted by molar-refractivity contribution is 0.0974. The van der Waals surface area contributed by atoms with Gasteiger partial charge in [-0.3, -0.25) is 4.79 Å². The number of hydrogen-bond donors (Lipinski definition) is 2. The summed E-state index contributed by atoms with van der Waals surface area (Å²) in [6.45, 7) is 1.75. The topological polar surface area (TPSA) is 114 Å². The molecule has 176 valence electrons. The summed E-state index contributed by atoms with van der Waals surface area (Å²) in [5, 5.41) is 3.15. The summed E-state index contributed by atoms with van der Waals surface area (Å²) in [6, 6.07) is 0.0835. The number of rotatable bonds is 5. The van der Waals surface area contributed by atoms with Crippen LogP contribution in [0.5, 0.6) is 0 Å². The number of ether oxygens (including phenoxy) is 1. The van der Waals surface area contributed by atoms with E-state index in [1.165, 1.54) is 4.31 Å². The summed E-state index contributed by atoms with van der Waals surface area (Å²) in [5.41, 5.74) is 4.10. The van der Waals surface area contributed by atoms with Crippen molar-refractivity contribution in [2.45, 2.75) is 38.5 Å². The van der Waals surface area contributed by atoms with Gasteiger partial charge in [0.05, 0.1) is 13.2 Å². The molecule has 1 amide bonds. The van der Waals surface area contributed by atoms with Gasteiger partial charge in [0.1, 0.15) is 12.1 Å². The molecule has 2 aromatic rings. The van der Waals surface area contributed by atoms with Crippen molar-refractivity contribution in [3.05, 3.63) is 40.0 Å². The van der Waals surface area contributed by atoms with Gasteiger partial charge >= 0.3 is 10.2 Å². The number of nitrogens with one attached hydrogen (secondary N) is 2. The Morgan fingerprint density at radius 3 is 2.27 bits per heavy atom. The number of carbonyl (C=O) groups excluding carboxylic acids is 1.